The van der Waals surface area contributed by atoms with E-state index in [1.54, 1.807) is 6.20 Å². The molecule has 0 fully saturated rings. The number of pyridine rings is 1. The summed E-state index contributed by atoms with van der Waals surface area (Å²) in [7, 11) is 0. The summed E-state index contributed by atoms with van der Waals surface area (Å²) in [6.07, 6.45) is 1.71. The summed E-state index contributed by atoms with van der Waals surface area (Å²) in [6, 6.07) is 10.3. The number of halogens is 1. The summed E-state index contributed by atoms with van der Waals surface area (Å²) >= 11 is 6.13. The van der Waals surface area contributed by atoms with Crippen LogP contribution in [0.15, 0.2) is 36.5 Å². The molecule has 2 heterocycles. The van der Waals surface area contributed by atoms with E-state index in [4.69, 9.17) is 11.6 Å². The van der Waals surface area contributed by atoms with Crippen molar-refractivity contribution >= 4 is 17.3 Å². The third-order valence-electron chi connectivity index (χ3n) is 3.22. The molecule has 1 aliphatic rings. The van der Waals surface area contributed by atoms with E-state index < -0.39 is 0 Å². The second kappa shape index (κ2) is 4.59. The van der Waals surface area contributed by atoms with Gasteiger partial charge in [-0.05, 0) is 42.3 Å². The zero-order valence-electron chi connectivity index (χ0n) is 10.2. The van der Waals surface area contributed by atoms with Gasteiger partial charge < -0.3 is 5.01 Å². The predicted molar refractivity (Wildman–Crippen MR) is 74.5 cm³/mol. The molecule has 18 heavy (non-hydrogen) atoms. The number of rotatable bonds is 2. The molecule has 0 atom stereocenters. The van der Waals surface area contributed by atoms with Gasteiger partial charge >= 0.3 is 0 Å². The highest BCUT2D eigenvalue weighted by Crippen LogP contribution is 2.32. The highest BCUT2D eigenvalue weighted by atomic mass is 35.5. The van der Waals surface area contributed by atoms with E-state index in [9.17, 15) is 0 Å². The Bertz CT molecular complexity index is 583. The number of benzene rings is 1. The summed E-state index contributed by atoms with van der Waals surface area (Å²) in [5, 5.41) is 2.71. The van der Waals surface area contributed by atoms with Crippen LogP contribution in [0.2, 0.25) is 5.15 Å². The van der Waals surface area contributed by atoms with E-state index in [0.717, 1.165) is 24.2 Å². The Labute approximate surface area is 111 Å². The van der Waals surface area contributed by atoms with Gasteiger partial charge in [0.05, 0.1) is 5.69 Å². The zero-order valence-corrected chi connectivity index (χ0v) is 10.9. The molecule has 4 heteroatoms. The van der Waals surface area contributed by atoms with Crippen LogP contribution in [0.4, 0.5) is 5.69 Å². The molecule has 1 aromatic carbocycles. The van der Waals surface area contributed by atoms with Gasteiger partial charge in [-0.25, -0.2) is 10.4 Å². The van der Waals surface area contributed by atoms with Crippen LogP contribution in [0.1, 0.15) is 12.5 Å². The molecule has 1 aliphatic heterocycles. The number of nitrogens with one attached hydrogen (secondary N) is 1. The van der Waals surface area contributed by atoms with Crippen LogP contribution in [-0.4, -0.2) is 11.5 Å². The van der Waals surface area contributed by atoms with Crippen molar-refractivity contribution in [3.05, 3.63) is 47.2 Å². The van der Waals surface area contributed by atoms with Crippen molar-refractivity contribution < 1.29 is 0 Å². The summed E-state index contributed by atoms with van der Waals surface area (Å²) < 4.78 is 0. The fourth-order valence-electron chi connectivity index (χ4n) is 2.31. The molecule has 3 rings (SSSR count). The van der Waals surface area contributed by atoms with Crippen LogP contribution < -0.4 is 10.4 Å². The number of anilines is 1. The number of nitrogens with zero attached hydrogens (tertiary/aromatic N) is 2. The first kappa shape index (κ1) is 11.5. The maximum atomic E-state index is 6.13. The highest BCUT2D eigenvalue weighted by Gasteiger charge is 2.17. The van der Waals surface area contributed by atoms with Gasteiger partial charge in [-0.1, -0.05) is 17.7 Å². The molecule has 0 saturated carbocycles. The van der Waals surface area contributed by atoms with Gasteiger partial charge in [-0.2, -0.15) is 0 Å². The monoisotopic (exact) mass is 259 g/mol. The predicted octanol–water partition coefficient (Wildman–Crippen LogP) is 3.25. The largest absolute Gasteiger partial charge is 0.308 e. The van der Waals surface area contributed by atoms with Crippen LogP contribution in [0.25, 0.3) is 11.1 Å². The van der Waals surface area contributed by atoms with E-state index >= 15 is 0 Å². The standard InChI is InChI=1S/C14H14ClN3/c1-2-18-13-6-5-10(8-11(13)9-17-18)12-4-3-7-16-14(12)15/h3-8,17H,2,9H2,1H3. The molecule has 0 amide bonds. The molecule has 3 nitrogen and oxygen atoms in total. The number of hydrogen-bond donors (Lipinski definition) is 1. The van der Waals surface area contributed by atoms with Crippen molar-refractivity contribution in [1.82, 2.24) is 10.4 Å². The van der Waals surface area contributed by atoms with Gasteiger partial charge in [0.2, 0.25) is 0 Å². The third kappa shape index (κ3) is 1.85. The SMILES string of the molecule is CCN1NCc2cc(-c3cccnc3Cl)ccc21. The summed E-state index contributed by atoms with van der Waals surface area (Å²) in [4.78, 5) is 4.12. The van der Waals surface area contributed by atoms with Crippen molar-refractivity contribution in [3.63, 3.8) is 0 Å². The van der Waals surface area contributed by atoms with E-state index in [2.05, 4.69) is 40.5 Å². The molecule has 0 unspecified atom stereocenters. The first-order chi connectivity index (χ1) is 8.79. The topological polar surface area (TPSA) is 28.2 Å². The van der Waals surface area contributed by atoms with Gasteiger partial charge in [0.15, 0.2) is 0 Å². The van der Waals surface area contributed by atoms with Gasteiger partial charge in [0, 0.05) is 24.8 Å². The minimum absolute atomic E-state index is 0.552. The Hall–Kier alpha value is -1.58. The Kier molecular flexibility index (Phi) is 2.94. The van der Waals surface area contributed by atoms with Crippen LogP contribution in [0, 0.1) is 0 Å². The average molecular weight is 260 g/mol. The Morgan fingerprint density at radius 3 is 3.06 bits per heavy atom. The molecule has 0 aliphatic carbocycles. The molecule has 1 N–H and O–H groups in total. The van der Waals surface area contributed by atoms with Crippen molar-refractivity contribution in [2.24, 2.45) is 0 Å². The van der Waals surface area contributed by atoms with Crippen LogP contribution in [-0.2, 0) is 6.54 Å². The first-order valence-electron chi connectivity index (χ1n) is 6.04. The lowest BCUT2D eigenvalue weighted by Gasteiger charge is -2.16. The van der Waals surface area contributed by atoms with Crippen LogP contribution in [0.5, 0.6) is 0 Å². The average Bonchev–Trinajstić information content (AvgIpc) is 2.81. The van der Waals surface area contributed by atoms with Crippen molar-refractivity contribution in [3.8, 4) is 11.1 Å². The van der Waals surface area contributed by atoms with Gasteiger partial charge in [0.1, 0.15) is 5.15 Å². The van der Waals surface area contributed by atoms with Crippen LogP contribution in [0.3, 0.4) is 0 Å². The highest BCUT2D eigenvalue weighted by molar-refractivity contribution is 6.32. The third-order valence-corrected chi connectivity index (χ3v) is 3.52. The Morgan fingerprint density at radius 2 is 2.28 bits per heavy atom. The fourth-order valence-corrected chi connectivity index (χ4v) is 2.54. The molecule has 0 radical (unpaired) electrons. The smallest absolute Gasteiger partial charge is 0.136 e. The number of hydrazine groups is 1. The summed E-state index contributed by atoms with van der Waals surface area (Å²) in [6.45, 7) is 3.96. The maximum Gasteiger partial charge on any atom is 0.136 e. The quantitative estimate of drug-likeness (QED) is 0.840. The maximum absolute atomic E-state index is 6.13. The van der Waals surface area contributed by atoms with Gasteiger partial charge in [-0.3, -0.25) is 0 Å². The van der Waals surface area contributed by atoms with E-state index in [0.29, 0.717) is 5.15 Å². The number of aromatic nitrogens is 1. The molecular weight excluding hydrogens is 246 g/mol. The number of hydrogen-bond acceptors (Lipinski definition) is 3. The second-order valence-corrected chi connectivity index (χ2v) is 4.62. The Balaban J connectivity index is 2.04. The lowest BCUT2D eigenvalue weighted by Crippen LogP contribution is -2.31. The first-order valence-corrected chi connectivity index (χ1v) is 6.42. The Morgan fingerprint density at radius 1 is 1.39 bits per heavy atom. The number of fused-ring (bicyclic) bond motifs is 1. The van der Waals surface area contributed by atoms with Gasteiger partial charge in [-0.15, -0.1) is 0 Å². The normalized spacial score (nSPS) is 13.8. The van der Waals surface area contributed by atoms with Crippen LogP contribution >= 0.6 is 11.6 Å². The van der Waals surface area contributed by atoms with E-state index in [1.165, 1.54) is 11.3 Å². The van der Waals surface area contributed by atoms with Gasteiger partial charge in [0.25, 0.3) is 0 Å². The van der Waals surface area contributed by atoms with E-state index in [-0.39, 0.29) is 0 Å². The molecule has 92 valence electrons. The van der Waals surface area contributed by atoms with Crippen molar-refractivity contribution in [2.75, 3.05) is 11.6 Å². The fraction of sp³-hybridized carbons (Fsp3) is 0.214. The molecule has 0 spiro atoms. The summed E-state index contributed by atoms with van der Waals surface area (Å²) in [5.74, 6) is 0. The molecular formula is C14H14ClN3. The summed E-state index contributed by atoms with van der Waals surface area (Å²) in [5.41, 5.74) is 8.00. The lowest BCUT2D eigenvalue weighted by atomic mass is 10.0. The molecule has 0 bridgehead atoms. The second-order valence-electron chi connectivity index (χ2n) is 4.26. The van der Waals surface area contributed by atoms with E-state index in [1.807, 2.05) is 12.1 Å². The minimum atomic E-state index is 0.552. The van der Waals surface area contributed by atoms with Crippen molar-refractivity contribution in [2.45, 2.75) is 13.5 Å². The molecule has 1 aromatic heterocycles. The molecule has 0 saturated heterocycles. The van der Waals surface area contributed by atoms with Crippen molar-refractivity contribution in [1.29, 1.82) is 0 Å². The minimum Gasteiger partial charge on any atom is -0.308 e. The molecule has 2 aromatic rings. The zero-order chi connectivity index (χ0) is 12.5. The lowest BCUT2D eigenvalue weighted by molar-refractivity contribution is 0.688.